The Balaban J connectivity index is 2.31. The molecule has 6 heteroatoms. The molecule has 1 fully saturated rings. The summed E-state index contributed by atoms with van der Waals surface area (Å²) in [6.07, 6.45) is 4.54. The Bertz CT molecular complexity index is 233. The Kier molecular flexibility index (Phi) is 5.58. The van der Waals surface area contributed by atoms with Crippen molar-refractivity contribution in [1.82, 2.24) is 4.67 Å². The van der Waals surface area contributed by atoms with Crippen LogP contribution in [-0.2, 0) is 9.09 Å². The van der Waals surface area contributed by atoms with E-state index >= 15 is 0 Å². The van der Waals surface area contributed by atoms with Crippen molar-refractivity contribution < 1.29 is 14.0 Å². The van der Waals surface area contributed by atoms with Gasteiger partial charge in [0.2, 0.25) is 7.75 Å². The summed E-state index contributed by atoms with van der Waals surface area (Å²) in [7, 11) is -2.36. The molecule has 4 nitrogen and oxygen atoms in total. The lowest BCUT2D eigenvalue weighted by Gasteiger charge is -2.32. The predicted molar refractivity (Wildman–Crippen MR) is 58.9 cm³/mol. The molecule has 0 heterocycles. The molecule has 15 heavy (non-hydrogen) atoms. The second kappa shape index (κ2) is 6.21. The van der Waals surface area contributed by atoms with E-state index in [1.54, 1.807) is 0 Å². The molecule has 0 aromatic heterocycles. The van der Waals surface area contributed by atoms with Gasteiger partial charge < -0.3 is 9.42 Å². The largest absolute Gasteiger partial charge is 0.766 e. The van der Waals surface area contributed by atoms with E-state index in [9.17, 15) is 9.46 Å². The number of hydrogen-bond donors (Lipinski definition) is 0. The van der Waals surface area contributed by atoms with Gasteiger partial charge in [0.1, 0.15) is 0 Å². The van der Waals surface area contributed by atoms with E-state index in [-0.39, 0.29) is 5.88 Å². The smallest absolute Gasteiger partial charge is 0.206 e. The topological polar surface area (TPSA) is 52.6 Å². The lowest BCUT2D eigenvalue weighted by atomic mass is 10.1. The average Bonchev–Trinajstić information content (AvgIpc) is 2.68. The van der Waals surface area contributed by atoms with E-state index in [1.165, 1.54) is 24.6 Å². The van der Waals surface area contributed by atoms with Crippen molar-refractivity contribution in [2.75, 3.05) is 26.1 Å². The average molecular weight is 255 g/mol. The van der Waals surface area contributed by atoms with Crippen molar-refractivity contribution in [3.63, 3.8) is 0 Å². The van der Waals surface area contributed by atoms with Crippen molar-refractivity contribution in [1.29, 1.82) is 0 Å². The maximum absolute atomic E-state index is 11.6. The van der Waals surface area contributed by atoms with Gasteiger partial charge in [0.05, 0.1) is 6.61 Å². The first-order valence-electron chi connectivity index (χ1n) is 5.29. The predicted octanol–water partition coefficient (Wildman–Crippen LogP) is 1.83. The maximum Gasteiger partial charge on any atom is 0.206 e. The SMILES string of the molecule is CN(CCCl)P(=O)([O-])OCC1CCCC1. The lowest BCUT2D eigenvalue weighted by Crippen LogP contribution is -2.27. The Labute approximate surface area is 96.1 Å². The summed E-state index contributed by atoms with van der Waals surface area (Å²) in [5.41, 5.74) is 0. The molecule has 0 aromatic rings. The van der Waals surface area contributed by atoms with Gasteiger partial charge >= 0.3 is 0 Å². The van der Waals surface area contributed by atoms with E-state index < -0.39 is 7.75 Å². The molecule has 0 N–H and O–H groups in total. The van der Waals surface area contributed by atoms with Crippen LogP contribution in [0.15, 0.2) is 0 Å². The third kappa shape index (κ3) is 4.41. The fourth-order valence-corrected chi connectivity index (χ4v) is 3.03. The Hall–Kier alpha value is 0.400. The Morgan fingerprint density at radius 1 is 1.53 bits per heavy atom. The molecule has 1 saturated carbocycles. The molecule has 1 atom stereocenters. The first-order valence-corrected chi connectivity index (χ1v) is 7.32. The summed E-state index contributed by atoms with van der Waals surface area (Å²) in [6.45, 7) is 0.625. The van der Waals surface area contributed by atoms with E-state index in [4.69, 9.17) is 16.1 Å². The minimum atomic E-state index is -3.85. The summed E-state index contributed by atoms with van der Waals surface area (Å²) in [5, 5.41) is 0. The van der Waals surface area contributed by atoms with Gasteiger partial charge in [0.25, 0.3) is 0 Å². The zero-order valence-electron chi connectivity index (χ0n) is 9.02. The Morgan fingerprint density at radius 3 is 2.67 bits per heavy atom. The third-order valence-corrected chi connectivity index (χ3v) is 4.46. The fourth-order valence-electron chi connectivity index (χ4n) is 1.72. The number of nitrogens with zero attached hydrogens (tertiary/aromatic N) is 1. The zero-order valence-corrected chi connectivity index (χ0v) is 10.7. The van der Waals surface area contributed by atoms with Gasteiger partial charge in [0, 0.05) is 12.4 Å². The molecule has 0 spiro atoms. The lowest BCUT2D eigenvalue weighted by molar-refractivity contribution is -0.212. The second-order valence-corrected chi connectivity index (χ2v) is 6.24. The van der Waals surface area contributed by atoms with Gasteiger partial charge in [-0.25, -0.2) is 4.67 Å². The summed E-state index contributed by atoms with van der Waals surface area (Å²) in [6, 6.07) is 0. The Morgan fingerprint density at radius 2 is 2.13 bits per heavy atom. The quantitative estimate of drug-likeness (QED) is 0.536. The highest BCUT2D eigenvalue weighted by molar-refractivity contribution is 7.48. The summed E-state index contributed by atoms with van der Waals surface area (Å²) in [5.74, 6) is 0.701. The first-order chi connectivity index (χ1) is 7.06. The molecule has 1 aliphatic rings. The van der Waals surface area contributed by atoms with Crippen molar-refractivity contribution in [3.8, 4) is 0 Å². The molecule has 0 saturated heterocycles. The number of halogens is 1. The van der Waals surface area contributed by atoms with E-state index in [0.29, 0.717) is 19.1 Å². The van der Waals surface area contributed by atoms with Crippen LogP contribution in [0.2, 0.25) is 0 Å². The van der Waals surface area contributed by atoms with Crippen LogP contribution in [0.4, 0.5) is 0 Å². The van der Waals surface area contributed by atoms with Crippen LogP contribution < -0.4 is 4.89 Å². The van der Waals surface area contributed by atoms with Gasteiger partial charge in [-0.3, -0.25) is 4.57 Å². The van der Waals surface area contributed by atoms with Crippen molar-refractivity contribution >= 4 is 19.3 Å². The van der Waals surface area contributed by atoms with E-state index in [2.05, 4.69) is 0 Å². The van der Waals surface area contributed by atoms with Gasteiger partial charge in [-0.1, -0.05) is 12.8 Å². The minimum absolute atomic E-state index is 0.287. The molecule has 1 rings (SSSR count). The van der Waals surface area contributed by atoms with Crippen LogP contribution in [0.25, 0.3) is 0 Å². The van der Waals surface area contributed by atoms with Crippen LogP contribution in [0.3, 0.4) is 0 Å². The van der Waals surface area contributed by atoms with Gasteiger partial charge in [-0.2, -0.15) is 0 Å². The fraction of sp³-hybridized carbons (Fsp3) is 1.00. The molecule has 1 unspecified atom stereocenters. The molecule has 0 aromatic carbocycles. The monoisotopic (exact) mass is 254 g/mol. The van der Waals surface area contributed by atoms with E-state index in [1.807, 2.05) is 0 Å². The normalized spacial score (nSPS) is 22.1. The number of alkyl halides is 1. The van der Waals surface area contributed by atoms with Gasteiger partial charge in [-0.05, 0) is 25.8 Å². The van der Waals surface area contributed by atoms with Crippen molar-refractivity contribution in [2.45, 2.75) is 25.7 Å². The minimum Gasteiger partial charge on any atom is -0.766 e. The van der Waals surface area contributed by atoms with Gasteiger partial charge in [-0.15, -0.1) is 11.6 Å². The molecule has 0 aliphatic heterocycles. The van der Waals surface area contributed by atoms with Crippen LogP contribution in [0.5, 0.6) is 0 Å². The third-order valence-electron chi connectivity index (χ3n) is 2.77. The molecule has 1 aliphatic carbocycles. The summed E-state index contributed by atoms with van der Waals surface area (Å²) in [4.78, 5) is 11.6. The van der Waals surface area contributed by atoms with Crippen LogP contribution >= 0.6 is 19.3 Å². The number of rotatable bonds is 6. The van der Waals surface area contributed by atoms with Crippen LogP contribution in [0.1, 0.15) is 25.7 Å². The molecule has 90 valence electrons. The van der Waals surface area contributed by atoms with Crippen molar-refractivity contribution in [3.05, 3.63) is 0 Å². The highest BCUT2D eigenvalue weighted by atomic mass is 35.5. The summed E-state index contributed by atoms with van der Waals surface area (Å²) < 4.78 is 17.7. The van der Waals surface area contributed by atoms with Crippen LogP contribution in [0, 0.1) is 5.92 Å². The molecular weight excluding hydrogens is 237 g/mol. The maximum atomic E-state index is 11.6. The summed E-state index contributed by atoms with van der Waals surface area (Å²) >= 11 is 5.47. The van der Waals surface area contributed by atoms with Gasteiger partial charge in [0.15, 0.2) is 0 Å². The molecule has 0 radical (unpaired) electrons. The highest BCUT2D eigenvalue weighted by Gasteiger charge is 2.20. The van der Waals surface area contributed by atoms with E-state index in [0.717, 1.165) is 12.8 Å². The standard InChI is InChI=1S/C9H19ClNO3P/c1-11(7-6-10)15(12,13)14-8-9-4-2-3-5-9/h9H,2-8H2,1H3,(H,12,13)/p-1. The molecular formula is C9H18ClNO3P-. The van der Waals surface area contributed by atoms with Crippen LogP contribution in [-0.4, -0.2) is 30.7 Å². The molecule has 0 bridgehead atoms. The highest BCUT2D eigenvalue weighted by Crippen LogP contribution is 2.41. The second-order valence-electron chi connectivity index (χ2n) is 3.99. The van der Waals surface area contributed by atoms with Crippen molar-refractivity contribution in [2.24, 2.45) is 5.92 Å². The first kappa shape index (κ1) is 13.5. The molecule has 0 amide bonds. The zero-order chi connectivity index (χ0) is 11.3. The number of hydrogen-bond acceptors (Lipinski definition) is 3.